The van der Waals surface area contributed by atoms with E-state index in [1.165, 1.54) is 17.0 Å². The number of nitrogen functional groups attached to an aromatic ring is 1. The summed E-state index contributed by atoms with van der Waals surface area (Å²) in [6.07, 6.45) is -4.59. The minimum Gasteiger partial charge on any atom is -0.368 e. The molecule has 0 bridgehead atoms. The molecule has 0 aliphatic carbocycles. The van der Waals surface area contributed by atoms with Crippen LogP contribution in [0.3, 0.4) is 0 Å². The van der Waals surface area contributed by atoms with Gasteiger partial charge in [0.1, 0.15) is 11.6 Å². The first kappa shape index (κ1) is 15.0. The van der Waals surface area contributed by atoms with Crippen molar-refractivity contribution >= 4 is 11.8 Å². The van der Waals surface area contributed by atoms with Gasteiger partial charge in [-0.25, -0.2) is 9.37 Å². The second kappa shape index (κ2) is 5.55. The van der Waals surface area contributed by atoms with Gasteiger partial charge in [0.2, 0.25) is 5.95 Å². The lowest BCUT2D eigenvalue weighted by Gasteiger charge is -2.19. The molecule has 0 fully saturated rings. The highest BCUT2D eigenvalue weighted by Gasteiger charge is 2.33. The van der Waals surface area contributed by atoms with Crippen LogP contribution in [0.25, 0.3) is 0 Å². The van der Waals surface area contributed by atoms with Crippen LogP contribution in [0.15, 0.2) is 30.3 Å². The lowest BCUT2D eigenvalue weighted by molar-refractivity contribution is -0.141. The average molecular weight is 300 g/mol. The van der Waals surface area contributed by atoms with E-state index in [9.17, 15) is 17.6 Å². The highest BCUT2D eigenvalue weighted by Crippen LogP contribution is 2.30. The number of nitrogens with two attached hydrogens (primary N) is 1. The Balaban J connectivity index is 2.24. The summed E-state index contributed by atoms with van der Waals surface area (Å²) in [6, 6.07) is 6.46. The number of benzene rings is 1. The van der Waals surface area contributed by atoms with E-state index in [0.29, 0.717) is 0 Å². The van der Waals surface area contributed by atoms with Gasteiger partial charge in [-0.1, -0.05) is 12.1 Å². The zero-order chi connectivity index (χ0) is 15.6. The summed E-state index contributed by atoms with van der Waals surface area (Å²) in [5, 5.41) is 0. The lowest BCUT2D eigenvalue weighted by atomic mass is 10.2. The van der Waals surface area contributed by atoms with Gasteiger partial charge in [-0.2, -0.15) is 18.2 Å². The zero-order valence-electron chi connectivity index (χ0n) is 11.0. The summed E-state index contributed by atoms with van der Waals surface area (Å²) in [6.45, 7) is 0.258. The number of hydrogen-bond acceptors (Lipinski definition) is 4. The molecule has 2 aromatic rings. The van der Waals surface area contributed by atoms with Crippen LogP contribution in [0.5, 0.6) is 0 Å². The standard InChI is InChI=1S/C13H12F4N4/c1-21(7-8-2-4-9(14)5-3-8)11-6-10(13(15,16)17)19-12(18)20-11/h2-6H,7H2,1H3,(H2,18,19,20). The van der Waals surface area contributed by atoms with Crippen molar-refractivity contribution in [1.29, 1.82) is 0 Å². The molecule has 1 aromatic carbocycles. The van der Waals surface area contributed by atoms with Gasteiger partial charge < -0.3 is 10.6 Å². The van der Waals surface area contributed by atoms with E-state index in [2.05, 4.69) is 9.97 Å². The highest BCUT2D eigenvalue weighted by molar-refractivity contribution is 5.44. The normalized spacial score (nSPS) is 11.5. The number of hydrogen-bond donors (Lipinski definition) is 1. The van der Waals surface area contributed by atoms with E-state index in [4.69, 9.17) is 5.73 Å². The molecule has 0 aliphatic heterocycles. The molecule has 0 saturated heterocycles. The van der Waals surface area contributed by atoms with Crippen LogP contribution in [0.2, 0.25) is 0 Å². The van der Waals surface area contributed by atoms with E-state index in [1.54, 1.807) is 19.2 Å². The number of nitrogens with zero attached hydrogens (tertiary/aromatic N) is 3. The topological polar surface area (TPSA) is 55.0 Å². The maximum atomic E-state index is 12.8. The molecule has 0 unspecified atom stereocenters. The van der Waals surface area contributed by atoms with E-state index in [0.717, 1.165) is 11.6 Å². The largest absolute Gasteiger partial charge is 0.433 e. The third kappa shape index (κ3) is 3.80. The Hall–Kier alpha value is -2.38. The van der Waals surface area contributed by atoms with E-state index in [-0.39, 0.29) is 18.2 Å². The summed E-state index contributed by atoms with van der Waals surface area (Å²) in [5.74, 6) is -0.794. The molecule has 8 heteroatoms. The van der Waals surface area contributed by atoms with Crippen LogP contribution in [-0.2, 0) is 12.7 Å². The van der Waals surface area contributed by atoms with Crippen molar-refractivity contribution in [3.63, 3.8) is 0 Å². The minimum atomic E-state index is -4.59. The Labute approximate surface area is 118 Å². The molecule has 0 radical (unpaired) electrons. The first-order valence-corrected chi connectivity index (χ1v) is 5.93. The molecule has 0 spiro atoms. The summed E-state index contributed by atoms with van der Waals surface area (Å²) in [5.41, 5.74) is 4.93. The maximum Gasteiger partial charge on any atom is 0.433 e. The Morgan fingerprint density at radius 2 is 1.76 bits per heavy atom. The summed E-state index contributed by atoms with van der Waals surface area (Å²) >= 11 is 0. The van der Waals surface area contributed by atoms with E-state index in [1.807, 2.05) is 0 Å². The Morgan fingerprint density at radius 3 is 2.33 bits per heavy atom. The quantitative estimate of drug-likeness (QED) is 0.886. The third-order valence-corrected chi connectivity index (χ3v) is 2.74. The van der Waals surface area contributed by atoms with Crippen molar-refractivity contribution in [1.82, 2.24) is 9.97 Å². The monoisotopic (exact) mass is 300 g/mol. The predicted molar refractivity (Wildman–Crippen MR) is 70.0 cm³/mol. The summed E-state index contributed by atoms with van der Waals surface area (Å²) in [7, 11) is 1.56. The molecule has 112 valence electrons. The fourth-order valence-electron chi connectivity index (χ4n) is 1.74. The highest BCUT2D eigenvalue weighted by atomic mass is 19.4. The fourth-order valence-corrected chi connectivity index (χ4v) is 1.74. The molecule has 0 atom stereocenters. The van der Waals surface area contributed by atoms with Crippen LogP contribution in [0.1, 0.15) is 11.3 Å². The second-order valence-electron chi connectivity index (χ2n) is 4.45. The van der Waals surface area contributed by atoms with Crippen LogP contribution >= 0.6 is 0 Å². The molecular weight excluding hydrogens is 288 g/mol. The van der Waals surface area contributed by atoms with Gasteiger partial charge in [-0.05, 0) is 17.7 Å². The molecule has 1 aromatic heterocycles. The lowest BCUT2D eigenvalue weighted by Crippen LogP contribution is -2.20. The maximum absolute atomic E-state index is 12.8. The van der Waals surface area contributed by atoms with Gasteiger partial charge >= 0.3 is 6.18 Å². The Morgan fingerprint density at radius 1 is 1.14 bits per heavy atom. The molecule has 1 heterocycles. The molecule has 2 N–H and O–H groups in total. The zero-order valence-corrected chi connectivity index (χ0v) is 11.0. The number of halogens is 4. The summed E-state index contributed by atoms with van der Waals surface area (Å²) in [4.78, 5) is 8.42. The SMILES string of the molecule is CN(Cc1ccc(F)cc1)c1cc(C(F)(F)F)nc(N)n1. The Bertz CT molecular complexity index is 625. The van der Waals surface area contributed by atoms with Crippen molar-refractivity contribution < 1.29 is 17.6 Å². The average Bonchev–Trinajstić information content (AvgIpc) is 2.39. The van der Waals surface area contributed by atoms with Crippen LogP contribution in [0.4, 0.5) is 29.3 Å². The van der Waals surface area contributed by atoms with Crippen LogP contribution < -0.4 is 10.6 Å². The Kier molecular flexibility index (Phi) is 3.97. The van der Waals surface area contributed by atoms with E-state index >= 15 is 0 Å². The second-order valence-corrected chi connectivity index (χ2v) is 4.45. The van der Waals surface area contributed by atoms with Gasteiger partial charge in [0.15, 0.2) is 5.69 Å². The fraction of sp³-hybridized carbons (Fsp3) is 0.231. The van der Waals surface area contributed by atoms with Crippen molar-refractivity contribution in [3.05, 3.63) is 47.4 Å². The van der Waals surface area contributed by atoms with Crippen LogP contribution in [-0.4, -0.2) is 17.0 Å². The van der Waals surface area contributed by atoms with Crippen molar-refractivity contribution in [3.8, 4) is 0 Å². The van der Waals surface area contributed by atoms with Crippen LogP contribution in [0, 0.1) is 5.82 Å². The summed E-state index contributed by atoms with van der Waals surface area (Å²) < 4.78 is 50.8. The third-order valence-electron chi connectivity index (χ3n) is 2.74. The van der Waals surface area contributed by atoms with Gasteiger partial charge in [0.25, 0.3) is 0 Å². The number of aromatic nitrogens is 2. The molecule has 0 aliphatic rings. The molecule has 0 saturated carbocycles. The first-order chi connectivity index (χ1) is 9.75. The minimum absolute atomic E-state index is 0.0409. The molecule has 4 nitrogen and oxygen atoms in total. The smallest absolute Gasteiger partial charge is 0.368 e. The number of anilines is 2. The van der Waals surface area contributed by atoms with Crippen molar-refractivity contribution in [2.24, 2.45) is 0 Å². The molecule has 2 rings (SSSR count). The molecule has 21 heavy (non-hydrogen) atoms. The van der Waals surface area contributed by atoms with Crippen molar-refractivity contribution in [2.75, 3.05) is 17.7 Å². The van der Waals surface area contributed by atoms with E-state index < -0.39 is 17.8 Å². The molecule has 0 amide bonds. The van der Waals surface area contributed by atoms with Gasteiger partial charge in [0.05, 0.1) is 0 Å². The van der Waals surface area contributed by atoms with Crippen molar-refractivity contribution in [2.45, 2.75) is 12.7 Å². The predicted octanol–water partition coefficient (Wildman–Crippen LogP) is 2.85. The molecular formula is C13H12F4N4. The first-order valence-electron chi connectivity index (χ1n) is 5.93. The number of alkyl halides is 3. The van der Waals surface area contributed by atoms with Gasteiger partial charge in [-0.15, -0.1) is 0 Å². The number of rotatable bonds is 3. The van der Waals surface area contributed by atoms with Gasteiger partial charge in [-0.3, -0.25) is 0 Å². The van der Waals surface area contributed by atoms with Gasteiger partial charge in [0, 0.05) is 19.7 Å².